The summed E-state index contributed by atoms with van der Waals surface area (Å²) in [7, 11) is 1.66. The fourth-order valence-corrected chi connectivity index (χ4v) is 4.90. The highest BCUT2D eigenvalue weighted by atomic mass is 16.3. The molecule has 2 aromatic heterocycles. The summed E-state index contributed by atoms with van der Waals surface area (Å²) in [5.41, 5.74) is 1.39. The number of nitrogens with one attached hydrogen (secondary N) is 4. The Kier molecular flexibility index (Phi) is 10.1. The van der Waals surface area contributed by atoms with Gasteiger partial charge in [-0.3, -0.25) is 24.0 Å². The third kappa shape index (κ3) is 7.97. The van der Waals surface area contributed by atoms with Crippen molar-refractivity contribution in [1.29, 1.82) is 0 Å². The van der Waals surface area contributed by atoms with Gasteiger partial charge in [-0.15, -0.1) is 0 Å². The summed E-state index contributed by atoms with van der Waals surface area (Å²) >= 11 is 0. The van der Waals surface area contributed by atoms with Crippen LogP contribution in [0.15, 0.2) is 57.9 Å². The van der Waals surface area contributed by atoms with Crippen molar-refractivity contribution < 1.29 is 23.6 Å². The molecule has 4 rings (SSSR count). The van der Waals surface area contributed by atoms with Gasteiger partial charge in [0.15, 0.2) is 11.1 Å². The van der Waals surface area contributed by atoms with Gasteiger partial charge in [0.2, 0.25) is 17.7 Å². The van der Waals surface area contributed by atoms with Crippen LogP contribution in [0, 0.1) is 12.8 Å². The predicted octanol–water partition coefficient (Wildman–Crippen LogP) is 1.93. The third-order valence-corrected chi connectivity index (χ3v) is 7.48. The quantitative estimate of drug-likeness (QED) is 0.353. The van der Waals surface area contributed by atoms with Crippen LogP contribution in [-0.4, -0.2) is 51.8 Å². The number of hydrogen-bond acceptors (Lipinski definition) is 7. The highest BCUT2D eigenvalue weighted by Gasteiger charge is 2.32. The first-order valence-electron chi connectivity index (χ1n) is 14.4. The monoisotopic (exact) mass is 590 g/mol. The van der Waals surface area contributed by atoms with Gasteiger partial charge in [-0.25, -0.2) is 4.98 Å². The molecule has 228 valence electrons. The van der Waals surface area contributed by atoms with Crippen LogP contribution in [0.1, 0.15) is 77.3 Å². The molecule has 1 aromatic carbocycles. The average Bonchev–Trinajstić information content (AvgIpc) is 3.46. The molecule has 0 saturated carbocycles. The van der Waals surface area contributed by atoms with E-state index in [0.29, 0.717) is 31.5 Å². The normalized spacial score (nSPS) is 20.2. The number of aryl methyl sites for hydroxylation is 1. The second-order valence-corrected chi connectivity index (χ2v) is 11.1. The Labute approximate surface area is 249 Å². The second-order valence-electron chi connectivity index (χ2n) is 11.1. The zero-order valence-corrected chi connectivity index (χ0v) is 24.8. The van der Waals surface area contributed by atoms with Gasteiger partial charge in [0.25, 0.3) is 11.8 Å². The molecule has 3 aromatic rings. The zero-order chi connectivity index (χ0) is 31.1. The molecule has 0 fully saturated rings. The molecule has 2 bridgehead atoms. The maximum Gasteiger partial charge on any atom is 0.273 e. The first-order chi connectivity index (χ1) is 20.5. The van der Waals surface area contributed by atoms with Gasteiger partial charge in [-0.05, 0) is 37.7 Å². The minimum absolute atomic E-state index is 0.0945. The van der Waals surface area contributed by atoms with E-state index in [2.05, 4.69) is 26.3 Å². The van der Waals surface area contributed by atoms with Crippen molar-refractivity contribution in [2.75, 3.05) is 6.54 Å². The Hall–Kier alpha value is -4.74. The highest BCUT2D eigenvalue weighted by Crippen LogP contribution is 2.20. The summed E-state index contributed by atoms with van der Waals surface area (Å²) in [6.07, 6.45) is 2.83. The maximum absolute atomic E-state index is 13.6. The molecule has 3 atom stereocenters. The highest BCUT2D eigenvalue weighted by molar-refractivity contribution is 5.97. The number of pyridine rings is 1. The van der Waals surface area contributed by atoms with Crippen molar-refractivity contribution in [3.63, 3.8) is 0 Å². The van der Waals surface area contributed by atoms with Crippen molar-refractivity contribution in [3.05, 3.63) is 87.5 Å². The number of nitrogens with zero attached hydrogens (tertiary/aromatic N) is 2. The number of benzene rings is 1. The minimum Gasteiger partial charge on any atom is -0.446 e. The molecule has 43 heavy (non-hydrogen) atoms. The Morgan fingerprint density at radius 3 is 2.53 bits per heavy atom. The molecule has 0 spiro atoms. The van der Waals surface area contributed by atoms with Crippen LogP contribution in [-0.2, 0) is 23.1 Å². The van der Waals surface area contributed by atoms with Crippen molar-refractivity contribution in [1.82, 2.24) is 30.8 Å². The number of carbonyl (C=O) groups excluding carboxylic acids is 4. The molecule has 1 aliphatic rings. The van der Waals surface area contributed by atoms with E-state index in [9.17, 15) is 24.0 Å². The van der Waals surface area contributed by atoms with Crippen LogP contribution in [0.4, 0.5) is 0 Å². The molecule has 3 heterocycles. The van der Waals surface area contributed by atoms with Gasteiger partial charge in [-0.2, -0.15) is 0 Å². The van der Waals surface area contributed by atoms with E-state index in [1.54, 1.807) is 32.4 Å². The van der Waals surface area contributed by atoms with E-state index in [-0.39, 0.29) is 35.0 Å². The molecule has 0 aliphatic carbocycles. The van der Waals surface area contributed by atoms with Crippen LogP contribution in [0.3, 0.4) is 0 Å². The Morgan fingerprint density at radius 1 is 1.07 bits per heavy atom. The van der Waals surface area contributed by atoms with Crippen molar-refractivity contribution in [2.45, 2.75) is 64.6 Å². The third-order valence-electron chi connectivity index (χ3n) is 7.48. The molecule has 1 aliphatic heterocycles. The summed E-state index contributed by atoms with van der Waals surface area (Å²) in [5.74, 6) is -2.15. The first kappa shape index (κ1) is 31.2. The smallest absolute Gasteiger partial charge is 0.273 e. The summed E-state index contributed by atoms with van der Waals surface area (Å²) in [5, 5.41) is 11.3. The standard InChI is InChI=1S/C31H38N6O6/c1-18(2)26-30(42)34-23(15-20-10-6-5-7-11-20)31-35-24(17-43-31)27(39)32-13-9-8-12-22(28(40)36-26)33-29(41)25-16-21(38)14-19(3)37(25)4/h5-7,10-11,14,16-18,22-23,26H,8-9,12-13,15H2,1-4H3,(H,32,39)(H,33,41)(H,34,42)(H,36,40)/t22-,23+,26-/m0/s1. The molecule has 4 N–H and O–H groups in total. The van der Waals surface area contributed by atoms with Gasteiger partial charge in [0, 0.05) is 37.8 Å². The summed E-state index contributed by atoms with van der Waals surface area (Å²) in [6, 6.07) is 9.42. The van der Waals surface area contributed by atoms with Gasteiger partial charge >= 0.3 is 0 Å². The number of hydrogen-bond donors (Lipinski definition) is 4. The van der Waals surface area contributed by atoms with E-state index in [1.165, 1.54) is 18.4 Å². The lowest BCUT2D eigenvalue weighted by atomic mass is 10.00. The topological polar surface area (TPSA) is 164 Å². The number of rotatable bonds is 5. The summed E-state index contributed by atoms with van der Waals surface area (Å²) < 4.78 is 7.22. The summed E-state index contributed by atoms with van der Waals surface area (Å²) in [4.78, 5) is 69.7. The van der Waals surface area contributed by atoms with E-state index >= 15 is 0 Å². The van der Waals surface area contributed by atoms with Crippen LogP contribution in [0.25, 0.3) is 0 Å². The van der Waals surface area contributed by atoms with Crippen molar-refractivity contribution in [3.8, 4) is 0 Å². The number of carbonyl (C=O) groups is 4. The summed E-state index contributed by atoms with van der Waals surface area (Å²) in [6.45, 7) is 5.63. The minimum atomic E-state index is -0.993. The molecular weight excluding hydrogens is 552 g/mol. The van der Waals surface area contributed by atoms with Gasteiger partial charge < -0.3 is 30.3 Å². The lowest BCUT2D eigenvalue weighted by molar-refractivity contribution is -0.131. The maximum atomic E-state index is 13.6. The first-order valence-corrected chi connectivity index (χ1v) is 14.4. The molecule has 4 amide bonds. The Balaban J connectivity index is 1.62. The van der Waals surface area contributed by atoms with Crippen molar-refractivity contribution in [2.24, 2.45) is 13.0 Å². The van der Waals surface area contributed by atoms with Crippen LogP contribution < -0.4 is 26.7 Å². The predicted molar refractivity (Wildman–Crippen MR) is 158 cm³/mol. The van der Waals surface area contributed by atoms with E-state index in [4.69, 9.17) is 4.42 Å². The molecule has 0 saturated heterocycles. The molecule has 0 unspecified atom stereocenters. The molecular formula is C31H38N6O6. The van der Waals surface area contributed by atoms with E-state index in [1.807, 2.05) is 30.3 Å². The van der Waals surface area contributed by atoms with Crippen LogP contribution >= 0.6 is 0 Å². The number of aromatic nitrogens is 2. The Morgan fingerprint density at radius 2 is 1.81 bits per heavy atom. The molecule has 12 heteroatoms. The Bertz CT molecular complexity index is 1530. The van der Waals surface area contributed by atoms with E-state index < -0.39 is 41.8 Å². The van der Waals surface area contributed by atoms with Crippen molar-refractivity contribution >= 4 is 23.6 Å². The average molecular weight is 591 g/mol. The fourth-order valence-electron chi connectivity index (χ4n) is 4.90. The lowest BCUT2D eigenvalue weighted by Crippen LogP contribution is -2.56. The fraction of sp³-hybridized carbons (Fsp3) is 0.419. The molecule has 0 radical (unpaired) electrons. The molecule has 12 nitrogen and oxygen atoms in total. The second kappa shape index (κ2) is 14.0. The number of fused-ring (bicyclic) bond motifs is 2. The van der Waals surface area contributed by atoms with Crippen LogP contribution in [0.5, 0.6) is 0 Å². The van der Waals surface area contributed by atoms with Gasteiger partial charge in [-0.1, -0.05) is 44.2 Å². The number of amides is 4. The van der Waals surface area contributed by atoms with E-state index in [0.717, 1.165) is 5.56 Å². The number of oxazole rings is 1. The zero-order valence-electron chi connectivity index (χ0n) is 24.8. The lowest BCUT2D eigenvalue weighted by Gasteiger charge is -2.27. The SMILES string of the molecule is Cc1cc(=O)cc(C(=O)N[C@H]2CCCCNC(=O)c3coc(n3)[C@@H](Cc3ccccc3)NC(=O)[C@H](C(C)C)NC2=O)n1C. The van der Waals surface area contributed by atoms with Crippen LogP contribution in [0.2, 0.25) is 0 Å². The largest absolute Gasteiger partial charge is 0.446 e. The van der Waals surface area contributed by atoms with Gasteiger partial charge in [0.1, 0.15) is 30.1 Å². The van der Waals surface area contributed by atoms with Gasteiger partial charge in [0.05, 0.1) is 0 Å².